The lowest BCUT2D eigenvalue weighted by atomic mass is 10.0. The van der Waals surface area contributed by atoms with Gasteiger partial charge < -0.3 is 5.73 Å². The van der Waals surface area contributed by atoms with Gasteiger partial charge in [0.25, 0.3) is 0 Å². The molecule has 2 N–H and O–H groups in total. The lowest BCUT2D eigenvalue weighted by Crippen LogP contribution is -1.88. The van der Waals surface area contributed by atoms with Crippen LogP contribution in [0.5, 0.6) is 0 Å². The number of rotatable bonds is 10. The topological polar surface area (TPSA) is 26.0 Å². The molecule has 0 heterocycles. The second-order valence-corrected chi connectivity index (χ2v) is 5.17. The third-order valence-corrected chi connectivity index (χ3v) is 3.45. The largest absolute Gasteiger partial charge is 0.399 e. The number of nitrogen functional groups attached to an aromatic ring is 1. The summed E-state index contributed by atoms with van der Waals surface area (Å²) in [7, 11) is 0. The maximum atomic E-state index is 5.67. The van der Waals surface area contributed by atoms with E-state index in [-0.39, 0.29) is 0 Å². The first-order valence-corrected chi connectivity index (χ1v) is 7.46. The van der Waals surface area contributed by atoms with Gasteiger partial charge in [-0.3, -0.25) is 0 Å². The van der Waals surface area contributed by atoms with Crippen molar-refractivity contribution in [1.82, 2.24) is 0 Å². The van der Waals surface area contributed by atoms with Crippen LogP contribution >= 0.6 is 0 Å². The Kier molecular flexibility index (Phi) is 8.37. The first kappa shape index (κ1) is 15.1. The van der Waals surface area contributed by atoms with Gasteiger partial charge in [0.05, 0.1) is 0 Å². The molecule has 0 saturated carbocycles. The van der Waals surface area contributed by atoms with Crippen molar-refractivity contribution < 1.29 is 0 Å². The summed E-state index contributed by atoms with van der Waals surface area (Å²) in [6, 6.07) is 8.29. The minimum absolute atomic E-state index is 0.862. The number of anilines is 1. The second kappa shape index (κ2) is 9.99. The normalized spacial score (nSPS) is 10.7. The molecule has 1 aromatic rings. The number of hydrogen-bond donors (Lipinski definition) is 1. The number of benzene rings is 1. The molecule has 1 aromatic carbocycles. The van der Waals surface area contributed by atoms with Crippen molar-refractivity contribution in [2.75, 3.05) is 5.73 Å². The maximum absolute atomic E-state index is 5.67. The van der Waals surface area contributed by atoms with Gasteiger partial charge in [-0.2, -0.15) is 0 Å². The van der Waals surface area contributed by atoms with Crippen LogP contribution in [0.15, 0.2) is 24.3 Å². The molecule has 0 atom stereocenters. The van der Waals surface area contributed by atoms with Gasteiger partial charge in [0.1, 0.15) is 0 Å². The molecule has 0 spiro atoms. The summed E-state index contributed by atoms with van der Waals surface area (Å²) in [5.41, 5.74) is 7.95. The van der Waals surface area contributed by atoms with Crippen LogP contribution in [-0.4, -0.2) is 0 Å². The van der Waals surface area contributed by atoms with Crippen LogP contribution in [-0.2, 0) is 6.42 Å². The summed E-state index contributed by atoms with van der Waals surface area (Å²) in [5, 5.41) is 0. The van der Waals surface area contributed by atoms with Crippen LogP contribution in [0.4, 0.5) is 5.69 Å². The Morgan fingerprint density at radius 1 is 0.722 bits per heavy atom. The van der Waals surface area contributed by atoms with E-state index in [0.29, 0.717) is 0 Å². The average Bonchev–Trinajstić information content (AvgIpc) is 2.39. The van der Waals surface area contributed by atoms with Gasteiger partial charge in [-0.05, 0) is 30.5 Å². The minimum Gasteiger partial charge on any atom is -0.399 e. The fourth-order valence-corrected chi connectivity index (χ4v) is 2.25. The minimum atomic E-state index is 0.862. The zero-order chi connectivity index (χ0) is 13.1. The molecule has 18 heavy (non-hydrogen) atoms. The van der Waals surface area contributed by atoms with Crippen LogP contribution in [0.2, 0.25) is 0 Å². The Hall–Kier alpha value is -0.980. The van der Waals surface area contributed by atoms with Crippen LogP contribution in [0.25, 0.3) is 0 Å². The van der Waals surface area contributed by atoms with Crippen LogP contribution in [0, 0.1) is 6.92 Å². The summed E-state index contributed by atoms with van der Waals surface area (Å²) >= 11 is 0. The first-order chi connectivity index (χ1) is 8.83. The standard InChI is InChI=1S/C17H28N/c1-2-3-4-5-6-7-8-9-10-11-16-12-14-17(18)15-13-16/h12-15H,1-11,18H2. The molecule has 0 unspecified atom stereocenters. The smallest absolute Gasteiger partial charge is 0.0314 e. The lowest BCUT2D eigenvalue weighted by molar-refractivity contribution is 0.569. The van der Waals surface area contributed by atoms with Crippen molar-refractivity contribution in [2.24, 2.45) is 0 Å². The molecule has 1 radical (unpaired) electrons. The third kappa shape index (κ3) is 7.37. The fourth-order valence-electron chi connectivity index (χ4n) is 2.25. The van der Waals surface area contributed by atoms with E-state index in [2.05, 4.69) is 19.1 Å². The highest BCUT2D eigenvalue weighted by molar-refractivity contribution is 5.39. The highest BCUT2D eigenvalue weighted by atomic mass is 14.5. The Bertz CT molecular complexity index is 289. The summed E-state index contributed by atoms with van der Waals surface area (Å²) in [5.74, 6) is 0. The summed E-state index contributed by atoms with van der Waals surface area (Å²) < 4.78 is 0. The second-order valence-electron chi connectivity index (χ2n) is 5.17. The van der Waals surface area contributed by atoms with Crippen molar-refractivity contribution in [3.05, 3.63) is 36.8 Å². The molecular formula is C17H28N. The predicted octanol–water partition coefficient (Wildman–Crippen LogP) is 5.16. The molecule has 0 saturated heterocycles. The molecule has 0 bridgehead atoms. The predicted molar refractivity (Wildman–Crippen MR) is 81.5 cm³/mol. The molecule has 1 rings (SSSR count). The number of nitrogens with two attached hydrogens (primary N) is 1. The van der Waals surface area contributed by atoms with Crippen molar-refractivity contribution in [1.29, 1.82) is 0 Å². The Labute approximate surface area is 113 Å². The van der Waals surface area contributed by atoms with E-state index in [9.17, 15) is 0 Å². The van der Waals surface area contributed by atoms with Gasteiger partial charge in [0.15, 0.2) is 0 Å². The molecule has 0 aliphatic rings. The molecule has 0 aromatic heterocycles. The van der Waals surface area contributed by atoms with Gasteiger partial charge in [-0.25, -0.2) is 0 Å². The number of aryl methyl sites for hydroxylation is 1. The summed E-state index contributed by atoms with van der Waals surface area (Å²) in [6.07, 6.45) is 13.2. The van der Waals surface area contributed by atoms with Crippen molar-refractivity contribution in [2.45, 2.75) is 64.2 Å². The van der Waals surface area contributed by atoms with E-state index in [1.807, 2.05) is 12.1 Å². The van der Waals surface area contributed by atoms with E-state index in [1.54, 1.807) is 0 Å². The molecule has 0 fully saturated rings. The van der Waals surface area contributed by atoms with Gasteiger partial charge in [0.2, 0.25) is 0 Å². The Morgan fingerprint density at radius 3 is 1.78 bits per heavy atom. The van der Waals surface area contributed by atoms with Gasteiger partial charge in [0, 0.05) is 5.69 Å². The number of unbranched alkanes of at least 4 members (excludes halogenated alkanes) is 8. The average molecular weight is 246 g/mol. The first-order valence-electron chi connectivity index (χ1n) is 7.46. The Morgan fingerprint density at radius 2 is 1.22 bits per heavy atom. The molecule has 0 amide bonds. The van der Waals surface area contributed by atoms with Crippen LogP contribution in [0.1, 0.15) is 63.4 Å². The lowest BCUT2D eigenvalue weighted by Gasteiger charge is -2.03. The van der Waals surface area contributed by atoms with E-state index < -0.39 is 0 Å². The monoisotopic (exact) mass is 246 g/mol. The molecule has 1 heteroatoms. The molecule has 1 nitrogen and oxygen atoms in total. The fraction of sp³-hybridized carbons (Fsp3) is 0.588. The van der Waals surface area contributed by atoms with Crippen LogP contribution in [0.3, 0.4) is 0 Å². The summed E-state index contributed by atoms with van der Waals surface area (Å²) in [4.78, 5) is 0. The zero-order valence-electron chi connectivity index (χ0n) is 11.7. The van der Waals surface area contributed by atoms with Crippen molar-refractivity contribution >= 4 is 5.69 Å². The Balaban J connectivity index is 1.91. The highest BCUT2D eigenvalue weighted by Crippen LogP contribution is 2.12. The molecule has 0 aliphatic carbocycles. The molecular weight excluding hydrogens is 218 g/mol. The van der Waals surface area contributed by atoms with E-state index in [0.717, 1.165) is 12.1 Å². The van der Waals surface area contributed by atoms with Crippen LogP contribution < -0.4 is 5.73 Å². The van der Waals surface area contributed by atoms with Crippen molar-refractivity contribution in [3.63, 3.8) is 0 Å². The van der Waals surface area contributed by atoms with Gasteiger partial charge >= 0.3 is 0 Å². The molecule has 101 valence electrons. The quantitative estimate of drug-likeness (QED) is 0.448. The molecule has 0 aliphatic heterocycles. The van der Waals surface area contributed by atoms with Gasteiger partial charge in [-0.1, -0.05) is 70.4 Å². The zero-order valence-corrected chi connectivity index (χ0v) is 11.7. The van der Waals surface area contributed by atoms with E-state index in [4.69, 9.17) is 5.73 Å². The maximum Gasteiger partial charge on any atom is 0.0314 e. The highest BCUT2D eigenvalue weighted by Gasteiger charge is 1.94. The van der Waals surface area contributed by atoms with Gasteiger partial charge in [-0.15, -0.1) is 0 Å². The third-order valence-electron chi connectivity index (χ3n) is 3.45. The summed E-state index contributed by atoms with van der Waals surface area (Å²) in [6.45, 7) is 3.87. The SMILES string of the molecule is [CH2]CCCCCCCCCCc1ccc(N)cc1. The van der Waals surface area contributed by atoms with E-state index >= 15 is 0 Å². The number of hydrogen-bond acceptors (Lipinski definition) is 1. The van der Waals surface area contributed by atoms with Crippen molar-refractivity contribution in [3.8, 4) is 0 Å². The van der Waals surface area contributed by atoms with E-state index in [1.165, 1.54) is 63.4 Å².